The molecule has 0 spiro atoms. The van der Waals surface area contributed by atoms with Gasteiger partial charge in [0.25, 0.3) is 0 Å². The van der Waals surface area contributed by atoms with E-state index in [-0.39, 0.29) is 0 Å². The molecule has 0 fully saturated rings. The standard InChI is InChI=1S/C8H6.2ClH.2Hg/c1-2-8-6-4-3-5-7-8;;;;/h2-7H;2*1H;;/q;;;2*+1/p-2. The first-order valence-electron chi connectivity index (χ1n) is 3.73. The molecule has 12 heavy (non-hydrogen) atoms. The Balaban J connectivity index is 2.79. The monoisotopic (exact) mass is 576 g/mol. The molecule has 1 aromatic rings. The molecule has 0 aromatic heterocycles. The molecular formula is C8H6Cl2Hg2. The summed E-state index contributed by atoms with van der Waals surface area (Å²) in [5.41, 5.74) is 1.26. The summed E-state index contributed by atoms with van der Waals surface area (Å²) < 4.78 is 1.49. The van der Waals surface area contributed by atoms with E-state index in [1.807, 2.05) is 18.2 Å². The van der Waals surface area contributed by atoms with Crippen LogP contribution in [0, 0.1) is 0 Å². The van der Waals surface area contributed by atoms with E-state index in [1.54, 1.807) is 0 Å². The summed E-state index contributed by atoms with van der Waals surface area (Å²) in [5.74, 6) is 0. The third-order valence-electron chi connectivity index (χ3n) is 1.51. The van der Waals surface area contributed by atoms with Crippen molar-refractivity contribution in [1.29, 1.82) is 0 Å². The van der Waals surface area contributed by atoms with E-state index in [4.69, 9.17) is 16.5 Å². The Hall–Kier alpha value is 1.41. The molecule has 0 heterocycles. The van der Waals surface area contributed by atoms with Crippen molar-refractivity contribution in [3.63, 3.8) is 0 Å². The van der Waals surface area contributed by atoms with Gasteiger partial charge in [0.2, 0.25) is 0 Å². The summed E-state index contributed by atoms with van der Waals surface area (Å²) >= 11 is -2.37. The van der Waals surface area contributed by atoms with Crippen LogP contribution in [0.25, 0.3) is 6.08 Å². The van der Waals surface area contributed by atoms with E-state index < -0.39 is 46.7 Å². The molecule has 1 rings (SSSR count). The van der Waals surface area contributed by atoms with Crippen LogP contribution in [-0.4, -0.2) is 0 Å². The van der Waals surface area contributed by atoms with E-state index in [9.17, 15) is 0 Å². The van der Waals surface area contributed by atoms with Gasteiger partial charge in [-0.05, 0) is 0 Å². The molecule has 0 aliphatic heterocycles. The fourth-order valence-electron chi connectivity index (χ4n) is 0.898. The van der Waals surface area contributed by atoms with Gasteiger partial charge < -0.3 is 0 Å². The number of hydrogen-bond acceptors (Lipinski definition) is 0. The first-order valence-corrected chi connectivity index (χ1v) is 22.8. The van der Waals surface area contributed by atoms with Crippen molar-refractivity contribution >= 4 is 22.6 Å². The minimum absolute atomic E-state index is 1.18. The van der Waals surface area contributed by atoms with Gasteiger partial charge in [0.1, 0.15) is 0 Å². The van der Waals surface area contributed by atoms with Crippen LogP contribution < -0.4 is 0 Å². The topological polar surface area (TPSA) is 0 Å². The van der Waals surface area contributed by atoms with Gasteiger partial charge in [-0.1, -0.05) is 0 Å². The zero-order chi connectivity index (χ0) is 8.81. The Bertz CT molecular complexity index is 253. The van der Waals surface area contributed by atoms with Crippen LogP contribution in [0.1, 0.15) is 5.56 Å². The predicted octanol–water partition coefficient (Wildman–Crippen LogP) is 3.46. The second-order valence-electron chi connectivity index (χ2n) is 2.48. The van der Waals surface area contributed by atoms with Gasteiger partial charge in [-0.25, -0.2) is 0 Å². The number of rotatable bonds is 3. The fourth-order valence-corrected chi connectivity index (χ4v) is 29.4. The van der Waals surface area contributed by atoms with Gasteiger partial charge in [-0.3, -0.25) is 0 Å². The van der Waals surface area contributed by atoms with E-state index in [0.29, 0.717) is 0 Å². The average molecular weight is 574 g/mol. The number of halogens is 2. The third kappa shape index (κ3) is 4.08. The molecule has 0 nitrogen and oxygen atoms in total. The Morgan fingerprint density at radius 2 is 1.67 bits per heavy atom. The Kier molecular flexibility index (Phi) is 6.51. The SMILES string of the molecule is [Cl][Hg][C](=Cc1ccccc1)[Hg][Cl]. The van der Waals surface area contributed by atoms with Crippen LogP contribution in [0.3, 0.4) is 0 Å². The van der Waals surface area contributed by atoms with Gasteiger partial charge in [-0.15, -0.1) is 0 Å². The van der Waals surface area contributed by atoms with Crippen molar-refractivity contribution in [3.8, 4) is 0 Å². The van der Waals surface area contributed by atoms with Gasteiger partial charge in [0, 0.05) is 0 Å². The Morgan fingerprint density at radius 3 is 2.17 bits per heavy atom. The van der Waals surface area contributed by atoms with Gasteiger partial charge >= 0.3 is 106 Å². The molecule has 0 bridgehead atoms. The summed E-state index contributed by atoms with van der Waals surface area (Å²) in [6.07, 6.45) is 2.21. The van der Waals surface area contributed by atoms with E-state index >= 15 is 0 Å². The van der Waals surface area contributed by atoms with Crippen LogP contribution >= 0.6 is 16.5 Å². The molecule has 1 aromatic carbocycles. The van der Waals surface area contributed by atoms with Crippen LogP contribution in [-0.2, 0) is 46.7 Å². The molecule has 0 aliphatic carbocycles. The van der Waals surface area contributed by atoms with Crippen LogP contribution in [0.5, 0.6) is 0 Å². The summed E-state index contributed by atoms with van der Waals surface area (Å²) in [7, 11) is 11.9. The van der Waals surface area contributed by atoms with Crippen LogP contribution in [0.2, 0.25) is 0 Å². The molecule has 4 heteroatoms. The van der Waals surface area contributed by atoms with Gasteiger partial charge in [0.15, 0.2) is 0 Å². The molecule has 0 atom stereocenters. The molecule has 0 radical (unpaired) electrons. The van der Waals surface area contributed by atoms with Gasteiger partial charge in [0.05, 0.1) is 0 Å². The predicted molar refractivity (Wildman–Crippen MR) is 46.1 cm³/mol. The van der Waals surface area contributed by atoms with Crippen molar-refractivity contribution in [2.45, 2.75) is 0 Å². The number of benzene rings is 1. The van der Waals surface area contributed by atoms with E-state index in [2.05, 4.69) is 18.2 Å². The van der Waals surface area contributed by atoms with E-state index in [1.165, 1.54) is 6.15 Å². The first kappa shape index (κ1) is 11.5. The summed E-state index contributed by atoms with van der Waals surface area (Å²) in [6, 6.07) is 10.3. The van der Waals surface area contributed by atoms with Crippen molar-refractivity contribution in [1.82, 2.24) is 0 Å². The van der Waals surface area contributed by atoms with Crippen molar-refractivity contribution in [2.75, 3.05) is 0 Å². The molecule has 0 saturated carbocycles. The average Bonchev–Trinajstić information content (AvgIpc) is 2.16. The van der Waals surface area contributed by atoms with Crippen molar-refractivity contribution in [3.05, 3.63) is 36.5 Å². The first-order chi connectivity index (χ1) is 5.86. The van der Waals surface area contributed by atoms with Gasteiger partial charge in [-0.2, -0.15) is 0 Å². The van der Waals surface area contributed by atoms with Crippen molar-refractivity contribution in [2.24, 2.45) is 0 Å². The van der Waals surface area contributed by atoms with Crippen LogP contribution in [0.4, 0.5) is 0 Å². The summed E-state index contributed by atoms with van der Waals surface area (Å²) in [6.45, 7) is 0. The Morgan fingerprint density at radius 1 is 1.08 bits per heavy atom. The summed E-state index contributed by atoms with van der Waals surface area (Å²) in [5, 5.41) is 0. The fraction of sp³-hybridized carbons (Fsp3) is 0. The van der Waals surface area contributed by atoms with Crippen LogP contribution in [0.15, 0.2) is 30.9 Å². The normalized spacial score (nSPS) is 8.17. The minimum atomic E-state index is -1.18. The second-order valence-corrected chi connectivity index (χ2v) is 31.4. The maximum absolute atomic E-state index is 5.94. The third-order valence-corrected chi connectivity index (χ3v) is 50.5. The van der Waals surface area contributed by atoms with E-state index in [0.717, 1.165) is 0 Å². The molecular weight excluding hydrogens is 568 g/mol. The molecule has 0 saturated heterocycles. The maximum atomic E-state index is 5.94. The second kappa shape index (κ2) is 6.80. The quantitative estimate of drug-likeness (QED) is 0.486. The molecule has 0 unspecified atom stereocenters. The molecule has 0 N–H and O–H groups in total. The zero-order valence-corrected chi connectivity index (χ0v) is 19.1. The molecule has 0 amide bonds. The Labute approximate surface area is 104 Å². The molecule has 56 valence electrons. The van der Waals surface area contributed by atoms with Crippen molar-refractivity contribution < 1.29 is 46.7 Å². The summed E-state index contributed by atoms with van der Waals surface area (Å²) in [4.78, 5) is 0. The molecule has 0 aliphatic rings. The number of hydrogen-bond donors (Lipinski definition) is 0. The zero-order valence-electron chi connectivity index (χ0n) is 6.63.